The Morgan fingerprint density at radius 1 is 1.53 bits per heavy atom. The zero-order valence-electron chi connectivity index (χ0n) is 9.60. The van der Waals surface area contributed by atoms with E-state index in [9.17, 15) is 9.18 Å². The molecule has 0 aliphatic heterocycles. The molecule has 0 bridgehead atoms. The summed E-state index contributed by atoms with van der Waals surface area (Å²) in [5, 5.41) is 8.85. The highest BCUT2D eigenvalue weighted by atomic mass is 35.5. The quantitative estimate of drug-likeness (QED) is 0.845. The molecule has 1 heterocycles. The number of hydrogen-bond acceptors (Lipinski definition) is 4. The molecule has 96 valence electrons. The van der Waals surface area contributed by atoms with Gasteiger partial charge in [0.05, 0.1) is 24.5 Å². The van der Waals surface area contributed by atoms with Crippen molar-refractivity contribution in [1.29, 1.82) is 5.26 Å². The average Bonchev–Trinajstić information content (AvgIpc) is 2.40. The Hall–Kier alpha value is -2.39. The minimum Gasteiger partial charge on any atom is -0.392 e. The van der Waals surface area contributed by atoms with Gasteiger partial charge in [-0.05, 0) is 23.8 Å². The third-order valence-corrected chi connectivity index (χ3v) is 2.85. The SMILES string of the molecule is N#Cc1ccc(F)cc1Cn1cnc(Cl)c(N)c1=O. The lowest BCUT2D eigenvalue weighted by Gasteiger charge is -2.08. The van der Waals surface area contributed by atoms with Crippen molar-refractivity contribution < 1.29 is 4.39 Å². The highest BCUT2D eigenvalue weighted by molar-refractivity contribution is 6.31. The minimum absolute atomic E-state index is 0.00610. The van der Waals surface area contributed by atoms with Gasteiger partial charge in [0, 0.05) is 0 Å². The number of aromatic nitrogens is 2. The Balaban J connectivity index is 2.48. The minimum atomic E-state index is -0.534. The highest BCUT2D eigenvalue weighted by Gasteiger charge is 2.09. The fourth-order valence-electron chi connectivity index (χ4n) is 1.58. The summed E-state index contributed by atoms with van der Waals surface area (Å²) in [6.07, 6.45) is 1.20. The van der Waals surface area contributed by atoms with Gasteiger partial charge in [-0.15, -0.1) is 0 Å². The number of nitriles is 1. The largest absolute Gasteiger partial charge is 0.392 e. The fourth-order valence-corrected chi connectivity index (χ4v) is 1.71. The van der Waals surface area contributed by atoms with E-state index >= 15 is 0 Å². The summed E-state index contributed by atoms with van der Waals surface area (Å²) in [6.45, 7) is -0.00610. The summed E-state index contributed by atoms with van der Waals surface area (Å²) in [6, 6.07) is 5.65. The number of hydrogen-bond donors (Lipinski definition) is 1. The van der Waals surface area contributed by atoms with E-state index in [-0.39, 0.29) is 22.9 Å². The maximum absolute atomic E-state index is 13.2. The number of halogens is 2. The van der Waals surface area contributed by atoms with E-state index in [1.807, 2.05) is 6.07 Å². The summed E-state index contributed by atoms with van der Waals surface area (Å²) < 4.78 is 14.3. The lowest BCUT2D eigenvalue weighted by molar-refractivity contribution is 0.622. The first-order valence-corrected chi connectivity index (χ1v) is 5.59. The first kappa shape index (κ1) is 13.1. The zero-order valence-corrected chi connectivity index (χ0v) is 10.4. The van der Waals surface area contributed by atoms with Crippen LogP contribution in [0.3, 0.4) is 0 Å². The summed E-state index contributed by atoms with van der Waals surface area (Å²) in [5.74, 6) is -0.489. The molecule has 0 fully saturated rings. The third-order valence-electron chi connectivity index (χ3n) is 2.55. The van der Waals surface area contributed by atoms with E-state index in [1.54, 1.807) is 0 Å². The Morgan fingerprint density at radius 3 is 2.95 bits per heavy atom. The highest BCUT2D eigenvalue weighted by Crippen LogP contribution is 2.13. The topological polar surface area (TPSA) is 84.7 Å². The lowest BCUT2D eigenvalue weighted by Crippen LogP contribution is -2.24. The van der Waals surface area contributed by atoms with Crippen LogP contribution >= 0.6 is 11.6 Å². The number of benzene rings is 1. The van der Waals surface area contributed by atoms with E-state index in [1.165, 1.54) is 24.5 Å². The van der Waals surface area contributed by atoms with Crippen molar-refractivity contribution in [1.82, 2.24) is 9.55 Å². The van der Waals surface area contributed by atoms with Gasteiger partial charge in [0.2, 0.25) is 0 Å². The first-order valence-electron chi connectivity index (χ1n) is 5.22. The standard InChI is InChI=1S/C12H8ClFN4O/c13-11-10(16)12(19)18(6-17-11)5-8-3-9(14)2-1-7(8)4-15/h1-3,6H,5,16H2. The number of nitrogens with zero attached hydrogens (tertiary/aromatic N) is 3. The van der Waals surface area contributed by atoms with Crippen LogP contribution in [0.15, 0.2) is 29.3 Å². The Labute approximate surface area is 112 Å². The molecule has 1 aromatic heterocycles. The number of anilines is 1. The maximum Gasteiger partial charge on any atom is 0.278 e. The number of rotatable bonds is 2. The van der Waals surface area contributed by atoms with Crippen LogP contribution < -0.4 is 11.3 Å². The van der Waals surface area contributed by atoms with Crippen molar-refractivity contribution >= 4 is 17.3 Å². The van der Waals surface area contributed by atoms with Gasteiger partial charge >= 0.3 is 0 Å². The van der Waals surface area contributed by atoms with Crippen molar-refractivity contribution in [2.45, 2.75) is 6.54 Å². The molecule has 0 aliphatic rings. The van der Waals surface area contributed by atoms with E-state index < -0.39 is 11.4 Å². The van der Waals surface area contributed by atoms with E-state index in [0.717, 1.165) is 4.57 Å². The molecule has 0 radical (unpaired) electrons. The van der Waals surface area contributed by atoms with Crippen LogP contribution in [0.2, 0.25) is 5.15 Å². The second-order valence-corrected chi connectivity index (χ2v) is 4.15. The third kappa shape index (κ3) is 2.56. The lowest BCUT2D eigenvalue weighted by atomic mass is 10.1. The molecular weight excluding hydrogens is 271 g/mol. The molecule has 0 saturated carbocycles. The predicted octanol–water partition coefficient (Wildman–Crippen LogP) is 1.54. The van der Waals surface area contributed by atoms with Crippen LogP contribution in [0.1, 0.15) is 11.1 Å². The van der Waals surface area contributed by atoms with Gasteiger partial charge < -0.3 is 5.73 Å². The van der Waals surface area contributed by atoms with E-state index in [2.05, 4.69) is 4.98 Å². The maximum atomic E-state index is 13.2. The second kappa shape index (κ2) is 5.08. The Bertz CT molecular complexity index is 735. The molecule has 0 atom stereocenters. The molecule has 2 aromatic rings. The van der Waals surface area contributed by atoms with Crippen LogP contribution in [-0.4, -0.2) is 9.55 Å². The molecule has 0 unspecified atom stereocenters. The predicted molar refractivity (Wildman–Crippen MR) is 68.1 cm³/mol. The average molecular weight is 279 g/mol. The molecular formula is C12H8ClFN4O. The smallest absolute Gasteiger partial charge is 0.278 e. The van der Waals surface area contributed by atoms with E-state index in [4.69, 9.17) is 22.6 Å². The van der Waals surface area contributed by atoms with Gasteiger partial charge in [0.25, 0.3) is 5.56 Å². The molecule has 0 amide bonds. The molecule has 2 rings (SSSR count). The molecule has 2 N–H and O–H groups in total. The number of nitrogens with two attached hydrogens (primary N) is 1. The normalized spacial score (nSPS) is 10.2. The molecule has 7 heteroatoms. The van der Waals surface area contributed by atoms with Crippen LogP contribution in [0.25, 0.3) is 0 Å². The van der Waals surface area contributed by atoms with Gasteiger partial charge in [-0.2, -0.15) is 5.26 Å². The Kier molecular flexibility index (Phi) is 3.49. The van der Waals surface area contributed by atoms with E-state index in [0.29, 0.717) is 5.56 Å². The van der Waals surface area contributed by atoms with Gasteiger partial charge in [-0.25, -0.2) is 9.37 Å². The molecule has 1 aromatic carbocycles. The summed E-state index contributed by atoms with van der Waals surface area (Å²) >= 11 is 5.61. The number of nitrogen functional groups attached to an aromatic ring is 1. The fraction of sp³-hybridized carbons (Fsp3) is 0.0833. The van der Waals surface area contributed by atoms with Gasteiger partial charge in [-0.3, -0.25) is 9.36 Å². The van der Waals surface area contributed by atoms with Gasteiger partial charge in [0.1, 0.15) is 11.5 Å². The van der Waals surface area contributed by atoms with Gasteiger partial charge in [-0.1, -0.05) is 11.6 Å². The molecule has 0 spiro atoms. The van der Waals surface area contributed by atoms with Crippen molar-refractivity contribution in [2.24, 2.45) is 0 Å². The van der Waals surface area contributed by atoms with Gasteiger partial charge in [0.15, 0.2) is 5.15 Å². The van der Waals surface area contributed by atoms with Crippen LogP contribution in [0, 0.1) is 17.1 Å². The van der Waals surface area contributed by atoms with Crippen molar-refractivity contribution in [3.05, 3.63) is 57.0 Å². The van der Waals surface area contributed by atoms with Crippen molar-refractivity contribution in [3.8, 4) is 6.07 Å². The first-order chi connectivity index (χ1) is 9.02. The molecule has 0 saturated heterocycles. The summed E-state index contributed by atoms with van der Waals surface area (Å²) in [5.41, 5.74) is 5.40. The summed E-state index contributed by atoms with van der Waals surface area (Å²) in [4.78, 5) is 15.6. The van der Waals surface area contributed by atoms with Crippen LogP contribution in [0.5, 0.6) is 0 Å². The monoisotopic (exact) mass is 278 g/mol. The second-order valence-electron chi connectivity index (χ2n) is 3.80. The molecule has 0 aliphatic carbocycles. The Morgan fingerprint density at radius 2 is 2.26 bits per heavy atom. The summed E-state index contributed by atoms with van der Waals surface area (Å²) in [7, 11) is 0. The molecule has 5 nitrogen and oxygen atoms in total. The molecule has 19 heavy (non-hydrogen) atoms. The van der Waals surface area contributed by atoms with Crippen molar-refractivity contribution in [2.75, 3.05) is 5.73 Å². The van der Waals surface area contributed by atoms with Crippen LogP contribution in [-0.2, 0) is 6.54 Å². The van der Waals surface area contributed by atoms with Crippen molar-refractivity contribution in [3.63, 3.8) is 0 Å². The zero-order chi connectivity index (χ0) is 14.0. The van der Waals surface area contributed by atoms with Crippen LogP contribution in [0.4, 0.5) is 10.1 Å².